The van der Waals surface area contributed by atoms with Crippen LogP contribution in [0.1, 0.15) is 37.2 Å². The number of thioether (sulfide) groups is 1. The molecule has 0 spiro atoms. The van der Waals surface area contributed by atoms with Crippen molar-refractivity contribution in [2.75, 3.05) is 25.2 Å². The van der Waals surface area contributed by atoms with Gasteiger partial charge in [-0.2, -0.15) is 0 Å². The molecular weight excluding hydrogens is 308 g/mol. The van der Waals surface area contributed by atoms with Gasteiger partial charge in [-0.15, -0.1) is 11.8 Å². The molecule has 3 rings (SSSR count). The average Bonchev–Trinajstić information content (AvgIpc) is 3.00. The second kappa shape index (κ2) is 7.39. The van der Waals surface area contributed by atoms with E-state index in [0.717, 1.165) is 25.7 Å². The zero-order valence-electron chi connectivity index (χ0n) is 13.6. The third-order valence-corrected chi connectivity index (χ3v) is 6.01. The van der Waals surface area contributed by atoms with Crippen LogP contribution in [0.2, 0.25) is 0 Å². The lowest BCUT2D eigenvalue weighted by Crippen LogP contribution is -2.45. The summed E-state index contributed by atoms with van der Waals surface area (Å²) in [5, 5.41) is 0. The molecule has 2 aliphatic rings. The van der Waals surface area contributed by atoms with Crippen LogP contribution in [-0.4, -0.2) is 52.9 Å². The molecule has 2 fully saturated rings. The molecule has 1 aromatic carbocycles. The largest absolute Gasteiger partial charge is 0.341 e. The van der Waals surface area contributed by atoms with Crippen LogP contribution < -0.4 is 0 Å². The zero-order chi connectivity index (χ0) is 16.2. The molecule has 0 N–H and O–H groups in total. The van der Waals surface area contributed by atoms with Crippen molar-refractivity contribution in [2.45, 2.75) is 37.6 Å². The van der Waals surface area contributed by atoms with Crippen molar-refractivity contribution in [3.63, 3.8) is 0 Å². The van der Waals surface area contributed by atoms with Crippen molar-refractivity contribution < 1.29 is 9.59 Å². The number of benzene rings is 1. The van der Waals surface area contributed by atoms with Crippen molar-refractivity contribution >= 4 is 23.6 Å². The van der Waals surface area contributed by atoms with Crippen molar-refractivity contribution in [3.8, 4) is 0 Å². The lowest BCUT2D eigenvalue weighted by Gasteiger charge is -2.35. The molecule has 0 unspecified atom stereocenters. The first-order valence-corrected chi connectivity index (χ1v) is 9.46. The Morgan fingerprint density at radius 3 is 2.52 bits per heavy atom. The van der Waals surface area contributed by atoms with Gasteiger partial charge in [-0.25, -0.2) is 0 Å². The van der Waals surface area contributed by atoms with Crippen molar-refractivity contribution in [3.05, 3.63) is 35.9 Å². The third-order valence-electron chi connectivity index (χ3n) is 5.06. The number of carbonyl (C=O) groups excluding carboxylic acids is 2. The van der Waals surface area contributed by atoms with E-state index in [1.807, 2.05) is 11.9 Å². The van der Waals surface area contributed by atoms with Gasteiger partial charge in [-0.1, -0.05) is 30.3 Å². The minimum Gasteiger partial charge on any atom is -0.341 e. The second-order valence-corrected chi connectivity index (χ2v) is 7.45. The molecule has 23 heavy (non-hydrogen) atoms. The first-order valence-electron chi connectivity index (χ1n) is 8.31. The second-order valence-electron chi connectivity index (χ2n) is 6.49. The summed E-state index contributed by atoms with van der Waals surface area (Å²) in [5.74, 6) is 1.94. The molecule has 0 bridgehead atoms. The predicted octanol–water partition coefficient (Wildman–Crippen LogP) is 2.70. The zero-order valence-corrected chi connectivity index (χ0v) is 14.4. The highest BCUT2D eigenvalue weighted by Crippen LogP contribution is 2.34. The van der Waals surface area contributed by atoms with E-state index in [4.69, 9.17) is 0 Å². The lowest BCUT2D eigenvalue weighted by molar-refractivity contribution is -0.138. The Bertz CT molecular complexity index is 555. The van der Waals surface area contributed by atoms with Gasteiger partial charge in [-0.3, -0.25) is 9.59 Å². The summed E-state index contributed by atoms with van der Waals surface area (Å²) in [6, 6.07) is 11.0. The predicted molar refractivity (Wildman–Crippen MR) is 93.2 cm³/mol. The van der Waals surface area contributed by atoms with Crippen LogP contribution in [0.3, 0.4) is 0 Å². The van der Waals surface area contributed by atoms with Gasteiger partial charge >= 0.3 is 0 Å². The third kappa shape index (κ3) is 3.89. The Labute approximate surface area is 142 Å². The van der Waals surface area contributed by atoms with Crippen LogP contribution in [0.4, 0.5) is 0 Å². The van der Waals surface area contributed by atoms with Gasteiger partial charge in [0.15, 0.2) is 0 Å². The van der Waals surface area contributed by atoms with Gasteiger partial charge in [0.1, 0.15) is 6.54 Å². The number of hydrogen-bond donors (Lipinski definition) is 0. The van der Waals surface area contributed by atoms with E-state index in [1.165, 1.54) is 5.56 Å². The first-order chi connectivity index (χ1) is 11.1. The van der Waals surface area contributed by atoms with Crippen LogP contribution >= 0.6 is 11.8 Å². The minimum absolute atomic E-state index is 0.0732. The highest BCUT2D eigenvalue weighted by molar-refractivity contribution is 8.00. The Kier molecular flexibility index (Phi) is 5.26. The summed E-state index contributed by atoms with van der Waals surface area (Å²) in [7, 11) is 1.89. The van der Waals surface area contributed by atoms with Crippen molar-refractivity contribution in [1.29, 1.82) is 0 Å². The van der Waals surface area contributed by atoms with E-state index in [1.54, 1.807) is 16.7 Å². The van der Waals surface area contributed by atoms with Gasteiger partial charge < -0.3 is 9.80 Å². The van der Waals surface area contributed by atoms with E-state index in [-0.39, 0.29) is 18.4 Å². The van der Waals surface area contributed by atoms with Crippen LogP contribution in [0.15, 0.2) is 30.3 Å². The maximum atomic E-state index is 12.4. The van der Waals surface area contributed by atoms with Gasteiger partial charge in [0, 0.05) is 13.1 Å². The number of rotatable bonds is 4. The molecule has 1 aromatic rings. The maximum Gasteiger partial charge on any atom is 0.242 e. The Morgan fingerprint density at radius 2 is 1.91 bits per heavy atom. The topological polar surface area (TPSA) is 40.6 Å². The van der Waals surface area contributed by atoms with Gasteiger partial charge in [0.25, 0.3) is 0 Å². The van der Waals surface area contributed by atoms with Gasteiger partial charge in [-0.05, 0) is 37.2 Å². The lowest BCUT2D eigenvalue weighted by atomic mass is 9.81. The number of hydrogen-bond acceptors (Lipinski definition) is 3. The number of amides is 2. The van der Waals surface area contributed by atoms with Gasteiger partial charge in [0.2, 0.25) is 11.8 Å². The monoisotopic (exact) mass is 332 g/mol. The smallest absolute Gasteiger partial charge is 0.242 e. The van der Waals surface area contributed by atoms with Crippen molar-refractivity contribution in [1.82, 2.24) is 9.80 Å². The average molecular weight is 332 g/mol. The van der Waals surface area contributed by atoms with E-state index in [2.05, 4.69) is 30.3 Å². The van der Waals surface area contributed by atoms with Crippen LogP contribution in [-0.2, 0) is 9.59 Å². The molecule has 4 nitrogen and oxygen atoms in total. The molecule has 0 aromatic heterocycles. The molecule has 0 radical (unpaired) electrons. The van der Waals surface area contributed by atoms with Crippen LogP contribution in [0.5, 0.6) is 0 Å². The van der Waals surface area contributed by atoms with E-state index in [0.29, 0.717) is 23.6 Å². The summed E-state index contributed by atoms with van der Waals surface area (Å²) in [5.41, 5.74) is 1.42. The molecule has 1 heterocycles. The molecule has 1 aliphatic heterocycles. The molecule has 1 saturated carbocycles. The van der Waals surface area contributed by atoms with Crippen LogP contribution in [0, 0.1) is 0 Å². The quantitative estimate of drug-likeness (QED) is 0.851. The Morgan fingerprint density at radius 1 is 1.22 bits per heavy atom. The van der Waals surface area contributed by atoms with E-state index in [9.17, 15) is 9.59 Å². The molecule has 1 saturated heterocycles. The fourth-order valence-corrected chi connectivity index (χ4v) is 4.44. The maximum absolute atomic E-state index is 12.4. The minimum atomic E-state index is 0.0732. The summed E-state index contributed by atoms with van der Waals surface area (Å²) in [6.45, 7) is 0.237. The molecular formula is C18H24N2O2S. The SMILES string of the molecule is CN(C(=O)CN1CSCC1=O)C1CCC(c2ccccc2)CC1. The highest BCUT2D eigenvalue weighted by Gasteiger charge is 2.29. The summed E-state index contributed by atoms with van der Waals surface area (Å²) in [4.78, 5) is 27.6. The summed E-state index contributed by atoms with van der Waals surface area (Å²) < 4.78 is 0. The normalized spacial score (nSPS) is 24.7. The fraction of sp³-hybridized carbons (Fsp3) is 0.556. The number of nitrogens with zero attached hydrogens (tertiary/aromatic N) is 2. The highest BCUT2D eigenvalue weighted by atomic mass is 32.2. The standard InChI is InChI=1S/C18H24N2O2S/c1-19(17(21)11-20-13-23-12-18(20)22)16-9-7-15(8-10-16)14-5-3-2-4-6-14/h2-6,15-16H,7-13H2,1H3. The van der Waals surface area contributed by atoms with E-state index >= 15 is 0 Å². The number of carbonyl (C=O) groups is 2. The summed E-state index contributed by atoms with van der Waals surface area (Å²) in [6.07, 6.45) is 4.35. The van der Waals surface area contributed by atoms with Crippen molar-refractivity contribution in [2.24, 2.45) is 0 Å². The van der Waals surface area contributed by atoms with E-state index < -0.39 is 0 Å². The molecule has 5 heteroatoms. The molecule has 124 valence electrons. The summed E-state index contributed by atoms with van der Waals surface area (Å²) >= 11 is 1.58. The first kappa shape index (κ1) is 16.4. The van der Waals surface area contributed by atoms with Crippen LogP contribution in [0.25, 0.3) is 0 Å². The molecule has 1 aliphatic carbocycles. The molecule has 2 amide bonds. The Balaban J connectivity index is 1.50. The Hall–Kier alpha value is -1.49. The number of likely N-dealkylation sites (N-methyl/N-ethyl adjacent to an activating group) is 1. The molecule has 0 atom stereocenters. The van der Waals surface area contributed by atoms with Gasteiger partial charge in [0.05, 0.1) is 11.6 Å². The fourth-order valence-electron chi connectivity index (χ4n) is 3.54.